The first kappa shape index (κ1) is 9.90. The van der Waals surface area contributed by atoms with Crippen molar-refractivity contribution < 1.29 is 4.74 Å². The fraction of sp³-hybridized carbons (Fsp3) is 0.300. The van der Waals surface area contributed by atoms with E-state index in [1.54, 1.807) is 0 Å². The third-order valence-electron chi connectivity index (χ3n) is 1.59. The van der Waals surface area contributed by atoms with Crippen LogP contribution >= 0.6 is 12.2 Å². The Kier molecular flexibility index (Phi) is 4.16. The number of hydrogen-bond acceptors (Lipinski definition) is 3. The molecular weight excluding hydrogens is 182 g/mol. The lowest BCUT2D eigenvalue weighted by Crippen LogP contribution is -1.95. The summed E-state index contributed by atoms with van der Waals surface area (Å²) in [7, 11) is 0. The highest BCUT2D eigenvalue weighted by Gasteiger charge is 1.99. The second-order valence-corrected chi connectivity index (χ2v) is 2.63. The van der Waals surface area contributed by atoms with Gasteiger partial charge in [0.05, 0.1) is 18.3 Å². The Labute approximate surface area is 83.3 Å². The maximum absolute atomic E-state index is 5.41. The summed E-state index contributed by atoms with van der Waals surface area (Å²) in [6.07, 6.45) is 0. The van der Waals surface area contributed by atoms with Crippen LogP contribution in [0.25, 0.3) is 0 Å². The number of aliphatic imine (C=N–C) groups is 1. The van der Waals surface area contributed by atoms with E-state index < -0.39 is 0 Å². The van der Waals surface area contributed by atoms with E-state index in [0.29, 0.717) is 13.2 Å². The van der Waals surface area contributed by atoms with E-state index in [4.69, 9.17) is 4.74 Å². The Morgan fingerprint density at radius 2 is 2.23 bits per heavy atom. The van der Waals surface area contributed by atoms with Gasteiger partial charge in [0, 0.05) is 5.56 Å². The van der Waals surface area contributed by atoms with E-state index in [1.165, 1.54) is 0 Å². The van der Waals surface area contributed by atoms with Crippen LogP contribution in [0.1, 0.15) is 12.5 Å². The summed E-state index contributed by atoms with van der Waals surface area (Å²) in [6, 6.07) is 7.80. The zero-order valence-corrected chi connectivity index (χ0v) is 8.30. The van der Waals surface area contributed by atoms with Crippen LogP contribution in [-0.2, 0) is 6.54 Å². The molecule has 2 nitrogen and oxygen atoms in total. The van der Waals surface area contributed by atoms with Crippen molar-refractivity contribution in [3.8, 4) is 5.75 Å². The molecule has 1 aromatic carbocycles. The lowest BCUT2D eigenvalue weighted by molar-refractivity contribution is 0.336. The Hall–Kier alpha value is -1.18. The molecule has 0 unspecified atom stereocenters. The maximum Gasteiger partial charge on any atom is 0.124 e. The first-order valence-electron chi connectivity index (χ1n) is 4.12. The van der Waals surface area contributed by atoms with E-state index in [-0.39, 0.29) is 0 Å². The highest BCUT2D eigenvalue weighted by Crippen LogP contribution is 2.18. The fourth-order valence-electron chi connectivity index (χ4n) is 1.05. The van der Waals surface area contributed by atoms with Crippen LogP contribution in [0.15, 0.2) is 29.3 Å². The fourth-order valence-corrected chi connectivity index (χ4v) is 1.11. The summed E-state index contributed by atoms with van der Waals surface area (Å²) in [6.45, 7) is 3.16. The van der Waals surface area contributed by atoms with Crippen molar-refractivity contribution >= 4 is 17.4 Å². The van der Waals surface area contributed by atoms with Gasteiger partial charge in [0.1, 0.15) is 5.75 Å². The number of hydrogen-bond donors (Lipinski definition) is 0. The molecule has 0 spiro atoms. The largest absolute Gasteiger partial charge is 0.494 e. The molecule has 68 valence electrons. The van der Waals surface area contributed by atoms with Gasteiger partial charge < -0.3 is 4.74 Å². The second kappa shape index (κ2) is 5.46. The quantitative estimate of drug-likeness (QED) is 0.541. The summed E-state index contributed by atoms with van der Waals surface area (Å²) in [4.78, 5) is 3.87. The van der Waals surface area contributed by atoms with Gasteiger partial charge in [0.15, 0.2) is 0 Å². The van der Waals surface area contributed by atoms with E-state index >= 15 is 0 Å². The van der Waals surface area contributed by atoms with Crippen molar-refractivity contribution in [3.63, 3.8) is 0 Å². The molecule has 0 atom stereocenters. The Morgan fingerprint density at radius 3 is 2.92 bits per heavy atom. The lowest BCUT2D eigenvalue weighted by atomic mass is 10.2. The average molecular weight is 193 g/mol. The third-order valence-corrected chi connectivity index (χ3v) is 1.72. The molecule has 0 radical (unpaired) electrons. The normalized spacial score (nSPS) is 9.00. The topological polar surface area (TPSA) is 21.6 Å². The molecule has 0 fully saturated rings. The molecule has 3 heteroatoms. The van der Waals surface area contributed by atoms with Crippen LogP contribution < -0.4 is 4.74 Å². The van der Waals surface area contributed by atoms with Crippen LogP contribution in [0, 0.1) is 0 Å². The molecule has 0 amide bonds. The van der Waals surface area contributed by atoms with Crippen molar-refractivity contribution in [1.29, 1.82) is 0 Å². The van der Waals surface area contributed by atoms with Crippen LogP contribution in [0.3, 0.4) is 0 Å². The Balaban J connectivity index is 2.83. The zero-order valence-electron chi connectivity index (χ0n) is 7.49. The van der Waals surface area contributed by atoms with Gasteiger partial charge in [-0.25, -0.2) is 4.99 Å². The number of thiocarbonyl (C=S) groups is 1. The number of para-hydroxylation sites is 1. The maximum atomic E-state index is 5.41. The molecule has 0 heterocycles. The predicted molar refractivity (Wildman–Crippen MR) is 56.3 cm³/mol. The van der Waals surface area contributed by atoms with Gasteiger partial charge in [-0.2, -0.15) is 0 Å². The molecule has 0 aliphatic carbocycles. The second-order valence-electron chi connectivity index (χ2n) is 2.45. The van der Waals surface area contributed by atoms with Crippen molar-refractivity contribution in [2.45, 2.75) is 13.5 Å². The van der Waals surface area contributed by atoms with Gasteiger partial charge in [-0.15, -0.1) is 0 Å². The van der Waals surface area contributed by atoms with Crippen LogP contribution in [0.5, 0.6) is 5.75 Å². The average Bonchev–Trinajstić information content (AvgIpc) is 2.17. The van der Waals surface area contributed by atoms with Crippen molar-refractivity contribution in [3.05, 3.63) is 29.8 Å². The van der Waals surface area contributed by atoms with Gasteiger partial charge >= 0.3 is 0 Å². The number of benzene rings is 1. The first-order valence-corrected chi connectivity index (χ1v) is 4.53. The smallest absolute Gasteiger partial charge is 0.124 e. The van der Waals surface area contributed by atoms with Crippen LogP contribution in [0.4, 0.5) is 0 Å². The predicted octanol–water partition coefficient (Wildman–Crippen LogP) is 2.69. The summed E-state index contributed by atoms with van der Waals surface area (Å²) in [5.41, 5.74) is 1.04. The molecular formula is C10H11NOS. The number of rotatable bonds is 4. The van der Waals surface area contributed by atoms with Gasteiger partial charge in [-0.1, -0.05) is 18.2 Å². The molecule has 0 saturated heterocycles. The number of isothiocyanates is 1. The minimum atomic E-state index is 0.541. The van der Waals surface area contributed by atoms with Gasteiger partial charge in [-0.3, -0.25) is 0 Å². The monoisotopic (exact) mass is 193 g/mol. The van der Waals surface area contributed by atoms with E-state index in [1.807, 2.05) is 31.2 Å². The van der Waals surface area contributed by atoms with E-state index in [2.05, 4.69) is 22.4 Å². The van der Waals surface area contributed by atoms with Crippen molar-refractivity contribution in [2.24, 2.45) is 4.99 Å². The highest BCUT2D eigenvalue weighted by atomic mass is 32.1. The Bertz CT molecular complexity index is 318. The Morgan fingerprint density at radius 1 is 1.46 bits per heavy atom. The zero-order chi connectivity index (χ0) is 9.52. The van der Waals surface area contributed by atoms with Crippen LogP contribution in [0.2, 0.25) is 0 Å². The molecule has 13 heavy (non-hydrogen) atoms. The molecule has 1 rings (SSSR count). The van der Waals surface area contributed by atoms with Crippen molar-refractivity contribution in [2.75, 3.05) is 6.61 Å². The summed E-state index contributed by atoms with van der Waals surface area (Å²) < 4.78 is 5.41. The van der Waals surface area contributed by atoms with Crippen molar-refractivity contribution in [1.82, 2.24) is 0 Å². The molecule has 0 aliphatic rings. The molecule has 0 saturated carbocycles. The SMILES string of the molecule is CCOc1ccccc1CN=C=S. The molecule has 0 bridgehead atoms. The number of ether oxygens (including phenoxy) is 1. The van der Waals surface area contributed by atoms with Gasteiger partial charge in [0.25, 0.3) is 0 Å². The van der Waals surface area contributed by atoms with E-state index in [9.17, 15) is 0 Å². The standard InChI is InChI=1S/C10H11NOS/c1-2-12-10-6-4-3-5-9(10)7-11-8-13/h3-6H,2,7H2,1H3. The summed E-state index contributed by atoms with van der Waals surface area (Å²) in [5, 5.41) is 2.34. The molecule has 0 N–H and O–H groups in total. The summed E-state index contributed by atoms with van der Waals surface area (Å²) >= 11 is 4.50. The molecule has 0 aromatic heterocycles. The van der Waals surface area contributed by atoms with Gasteiger partial charge in [0.2, 0.25) is 0 Å². The third kappa shape index (κ3) is 2.98. The minimum Gasteiger partial charge on any atom is -0.494 e. The highest BCUT2D eigenvalue weighted by molar-refractivity contribution is 7.78. The lowest BCUT2D eigenvalue weighted by Gasteiger charge is -2.06. The number of nitrogens with zero attached hydrogens (tertiary/aromatic N) is 1. The van der Waals surface area contributed by atoms with E-state index in [0.717, 1.165) is 11.3 Å². The summed E-state index contributed by atoms with van der Waals surface area (Å²) in [5.74, 6) is 0.874. The van der Waals surface area contributed by atoms with Gasteiger partial charge in [-0.05, 0) is 25.2 Å². The minimum absolute atomic E-state index is 0.541. The molecule has 0 aliphatic heterocycles. The first-order chi connectivity index (χ1) is 6.38. The molecule has 1 aromatic rings. The van der Waals surface area contributed by atoms with Crippen LogP contribution in [-0.4, -0.2) is 11.8 Å².